The Kier molecular flexibility index (Phi) is 4.81. The molecule has 1 saturated heterocycles. The molecule has 1 unspecified atom stereocenters. The zero-order valence-corrected chi connectivity index (χ0v) is 16.9. The van der Waals surface area contributed by atoms with Crippen LogP contribution in [-0.2, 0) is 6.54 Å². The predicted octanol–water partition coefficient (Wildman–Crippen LogP) is 4.38. The van der Waals surface area contributed by atoms with Crippen molar-refractivity contribution in [2.75, 3.05) is 11.4 Å². The Morgan fingerprint density at radius 3 is 2.78 bits per heavy atom. The number of rotatable bonds is 5. The van der Waals surface area contributed by atoms with Crippen molar-refractivity contribution in [3.8, 4) is 6.07 Å². The number of hydrogen-bond acceptors (Lipinski definition) is 5. The fourth-order valence-corrected chi connectivity index (χ4v) is 4.32. The number of aryl methyl sites for hydroxylation is 1. The van der Waals surface area contributed by atoms with Gasteiger partial charge < -0.3 is 4.90 Å². The lowest BCUT2D eigenvalue weighted by Crippen LogP contribution is -2.25. The fourth-order valence-electron chi connectivity index (χ4n) is 3.95. The monoisotopic (exact) mass is 384 g/mol. The molecule has 0 N–H and O–H groups in total. The normalized spacial score (nSPS) is 19.7. The highest BCUT2D eigenvalue weighted by molar-refractivity contribution is 6.30. The summed E-state index contributed by atoms with van der Waals surface area (Å²) in [6.07, 6.45) is 6.00. The Morgan fingerprint density at radius 2 is 2.11 bits per heavy atom. The standard InChI is InChI=1S/C20H25ClN6/c1-12(2)11-27-18(21)17(13(3)25-27)16-5-4-8-26(16)20-15(9-22)10-23-19(24-20)14-6-7-14/h10,12,14,16H,4-8,11H2,1-3H3. The minimum Gasteiger partial charge on any atom is -0.348 e. The molecular formula is C20H25ClN6. The van der Waals surface area contributed by atoms with Crippen LogP contribution in [0.25, 0.3) is 0 Å². The summed E-state index contributed by atoms with van der Waals surface area (Å²) in [4.78, 5) is 11.4. The van der Waals surface area contributed by atoms with Crippen molar-refractivity contribution < 1.29 is 0 Å². The summed E-state index contributed by atoms with van der Waals surface area (Å²) in [6, 6.07) is 2.38. The molecule has 1 aliphatic heterocycles. The SMILES string of the molecule is Cc1nn(CC(C)C)c(Cl)c1C1CCCN1c1nc(C2CC2)ncc1C#N. The molecule has 1 atom stereocenters. The first-order valence-electron chi connectivity index (χ1n) is 9.76. The maximum atomic E-state index is 9.59. The van der Waals surface area contributed by atoms with E-state index < -0.39 is 0 Å². The van der Waals surface area contributed by atoms with E-state index in [0.29, 0.717) is 22.6 Å². The summed E-state index contributed by atoms with van der Waals surface area (Å²) in [5.74, 6) is 2.55. The largest absolute Gasteiger partial charge is 0.348 e. The molecule has 7 heteroatoms. The van der Waals surface area contributed by atoms with Crippen LogP contribution in [-0.4, -0.2) is 26.3 Å². The van der Waals surface area contributed by atoms with Gasteiger partial charge in [0.25, 0.3) is 0 Å². The Bertz CT molecular complexity index is 893. The number of nitrogens with zero attached hydrogens (tertiary/aromatic N) is 6. The summed E-state index contributed by atoms with van der Waals surface area (Å²) in [6.45, 7) is 8.01. The van der Waals surface area contributed by atoms with Gasteiger partial charge in [-0.05, 0) is 38.5 Å². The zero-order valence-electron chi connectivity index (χ0n) is 16.1. The minimum atomic E-state index is 0.104. The molecule has 2 fully saturated rings. The van der Waals surface area contributed by atoms with Crippen molar-refractivity contribution in [3.63, 3.8) is 0 Å². The highest BCUT2D eigenvalue weighted by atomic mass is 35.5. The Hall–Kier alpha value is -2.13. The summed E-state index contributed by atoms with van der Waals surface area (Å²) in [7, 11) is 0. The van der Waals surface area contributed by atoms with Crippen LogP contribution in [0.15, 0.2) is 6.20 Å². The molecule has 2 aromatic rings. The smallest absolute Gasteiger partial charge is 0.150 e. The highest BCUT2D eigenvalue weighted by Gasteiger charge is 2.35. The summed E-state index contributed by atoms with van der Waals surface area (Å²) in [5, 5.41) is 15.0. The molecule has 4 rings (SSSR count). The topological polar surface area (TPSA) is 70.6 Å². The molecule has 142 valence electrons. The number of aromatic nitrogens is 4. The molecule has 3 heterocycles. The van der Waals surface area contributed by atoms with Gasteiger partial charge in [0.2, 0.25) is 0 Å². The maximum Gasteiger partial charge on any atom is 0.150 e. The lowest BCUT2D eigenvalue weighted by atomic mass is 10.1. The molecular weight excluding hydrogens is 360 g/mol. The van der Waals surface area contributed by atoms with Gasteiger partial charge in [-0.2, -0.15) is 10.4 Å². The molecule has 27 heavy (non-hydrogen) atoms. The molecule has 0 amide bonds. The first-order valence-corrected chi connectivity index (χ1v) is 10.1. The van der Waals surface area contributed by atoms with Gasteiger partial charge in [0.05, 0.1) is 17.9 Å². The van der Waals surface area contributed by atoms with Crippen LogP contribution in [0.5, 0.6) is 0 Å². The molecule has 0 spiro atoms. The third-order valence-electron chi connectivity index (χ3n) is 5.36. The molecule has 0 aromatic carbocycles. The second-order valence-electron chi connectivity index (χ2n) is 8.07. The van der Waals surface area contributed by atoms with Crippen LogP contribution in [0, 0.1) is 24.2 Å². The van der Waals surface area contributed by atoms with Crippen molar-refractivity contribution in [3.05, 3.63) is 34.0 Å². The molecule has 0 bridgehead atoms. The molecule has 0 radical (unpaired) electrons. The lowest BCUT2D eigenvalue weighted by Gasteiger charge is -2.27. The third kappa shape index (κ3) is 3.41. The fraction of sp³-hybridized carbons (Fsp3) is 0.600. The highest BCUT2D eigenvalue weighted by Crippen LogP contribution is 2.43. The molecule has 2 aliphatic rings. The van der Waals surface area contributed by atoms with Crippen molar-refractivity contribution in [2.24, 2.45) is 5.92 Å². The van der Waals surface area contributed by atoms with E-state index in [2.05, 4.69) is 34.9 Å². The summed E-state index contributed by atoms with van der Waals surface area (Å²) >= 11 is 6.75. The van der Waals surface area contributed by atoms with E-state index in [1.165, 1.54) is 0 Å². The van der Waals surface area contributed by atoms with Gasteiger partial charge in [-0.25, -0.2) is 9.97 Å². The van der Waals surface area contributed by atoms with Gasteiger partial charge in [-0.15, -0.1) is 0 Å². The number of hydrogen-bond donors (Lipinski definition) is 0. The van der Waals surface area contributed by atoms with Crippen molar-refractivity contribution >= 4 is 17.4 Å². The average molecular weight is 385 g/mol. The zero-order chi connectivity index (χ0) is 19.1. The third-order valence-corrected chi connectivity index (χ3v) is 5.75. The van der Waals surface area contributed by atoms with Crippen LogP contribution in [0.1, 0.15) is 74.1 Å². The number of nitriles is 1. The van der Waals surface area contributed by atoms with Gasteiger partial charge in [-0.3, -0.25) is 4.68 Å². The van der Waals surface area contributed by atoms with Gasteiger partial charge in [-0.1, -0.05) is 25.4 Å². The van der Waals surface area contributed by atoms with E-state index >= 15 is 0 Å². The van der Waals surface area contributed by atoms with Gasteiger partial charge in [0.15, 0.2) is 5.82 Å². The summed E-state index contributed by atoms with van der Waals surface area (Å²) in [5.41, 5.74) is 2.58. The van der Waals surface area contributed by atoms with Crippen molar-refractivity contribution in [1.29, 1.82) is 5.26 Å². The Morgan fingerprint density at radius 1 is 1.33 bits per heavy atom. The number of anilines is 1. The van der Waals surface area contributed by atoms with E-state index in [-0.39, 0.29) is 6.04 Å². The van der Waals surface area contributed by atoms with E-state index in [4.69, 9.17) is 16.6 Å². The van der Waals surface area contributed by atoms with E-state index in [1.807, 2.05) is 11.6 Å². The Labute approximate surface area is 165 Å². The van der Waals surface area contributed by atoms with Gasteiger partial charge >= 0.3 is 0 Å². The van der Waals surface area contributed by atoms with Crippen molar-refractivity contribution in [2.45, 2.75) is 65.0 Å². The second-order valence-corrected chi connectivity index (χ2v) is 8.43. The predicted molar refractivity (Wildman–Crippen MR) is 105 cm³/mol. The van der Waals surface area contributed by atoms with Gasteiger partial charge in [0, 0.05) is 24.6 Å². The van der Waals surface area contributed by atoms with Crippen LogP contribution in [0.4, 0.5) is 5.82 Å². The first-order chi connectivity index (χ1) is 13.0. The number of halogens is 1. The summed E-state index contributed by atoms with van der Waals surface area (Å²) < 4.78 is 1.91. The van der Waals surface area contributed by atoms with E-state index in [0.717, 1.165) is 61.7 Å². The lowest BCUT2D eigenvalue weighted by molar-refractivity contribution is 0.481. The second kappa shape index (κ2) is 7.12. The maximum absolute atomic E-state index is 9.59. The molecule has 1 saturated carbocycles. The first kappa shape index (κ1) is 18.2. The molecule has 6 nitrogen and oxygen atoms in total. The van der Waals surface area contributed by atoms with E-state index in [9.17, 15) is 5.26 Å². The average Bonchev–Trinajstić information content (AvgIpc) is 3.32. The van der Waals surface area contributed by atoms with Crippen LogP contribution < -0.4 is 4.90 Å². The van der Waals surface area contributed by atoms with Crippen LogP contribution in [0.2, 0.25) is 5.15 Å². The van der Waals surface area contributed by atoms with Gasteiger partial charge in [0.1, 0.15) is 22.6 Å². The molecule has 1 aliphatic carbocycles. The van der Waals surface area contributed by atoms with E-state index in [1.54, 1.807) is 6.20 Å². The molecule has 2 aromatic heterocycles. The minimum absolute atomic E-state index is 0.104. The van der Waals surface area contributed by atoms with Crippen LogP contribution >= 0.6 is 11.6 Å². The van der Waals surface area contributed by atoms with Crippen molar-refractivity contribution in [1.82, 2.24) is 19.7 Å². The van der Waals surface area contributed by atoms with Crippen LogP contribution in [0.3, 0.4) is 0 Å². The quantitative estimate of drug-likeness (QED) is 0.764. The Balaban J connectivity index is 1.73.